The molecule has 1 radical (unpaired) electrons. The lowest BCUT2D eigenvalue weighted by atomic mass is 10.1. The third kappa shape index (κ3) is 2.42. The molecule has 0 unspecified atom stereocenters. The summed E-state index contributed by atoms with van der Waals surface area (Å²) < 4.78 is 0. The molecule has 0 heterocycles. The second-order valence-electron chi connectivity index (χ2n) is 2.46. The van der Waals surface area contributed by atoms with Gasteiger partial charge in [-0.05, 0) is 18.1 Å². The summed E-state index contributed by atoms with van der Waals surface area (Å²) in [4.78, 5) is 10.5. The predicted octanol–water partition coefficient (Wildman–Crippen LogP) is 0.897. The highest BCUT2D eigenvalue weighted by Crippen LogP contribution is 2.02. The zero-order valence-corrected chi connectivity index (χ0v) is 6.21. The van der Waals surface area contributed by atoms with Crippen molar-refractivity contribution < 1.29 is 4.79 Å². The summed E-state index contributed by atoms with van der Waals surface area (Å²) >= 11 is 0. The third-order valence-electron chi connectivity index (χ3n) is 1.40. The molecule has 0 aliphatic rings. The molecule has 1 aromatic carbocycles. The molecule has 1 aromatic rings. The normalized spacial score (nSPS) is 9.55. The molecule has 2 nitrogen and oxygen atoms in total. The molecule has 0 fully saturated rings. The number of benzene rings is 1. The van der Waals surface area contributed by atoms with Crippen molar-refractivity contribution in [3.05, 3.63) is 42.3 Å². The van der Waals surface area contributed by atoms with Gasteiger partial charge in [0.2, 0.25) is 5.91 Å². The topological polar surface area (TPSA) is 43.1 Å². The van der Waals surface area contributed by atoms with Crippen LogP contribution in [0.25, 0.3) is 0 Å². The molecule has 0 saturated carbocycles. The first-order chi connectivity index (χ1) is 5.18. The highest BCUT2D eigenvalue weighted by Gasteiger charge is 1.95. The van der Waals surface area contributed by atoms with Gasteiger partial charge in [0.25, 0.3) is 0 Å². The van der Waals surface area contributed by atoms with Crippen LogP contribution in [0.15, 0.2) is 24.3 Å². The van der Waals surface area contributed by atoms with E-state index in [1.165, 1.54) is 0 Å². The lowest BCUT2D eigenvalue weighted by Crippen LogP contribution is -2.13. The van der Waals surface area contributed by atoms with Gasteiger partial charge in [0.1, 0.15) is 0 Å². The molecule has 0 spiro atoms. The fourth-order valence-corrected chi connectivity index (χ4v) is 0.858. The van der Waals surface area contributed by atoms with Gasteiger partial charge in [0, 0.05) is 0 Å². The Morgan fingerprint density at radius 2 is 1.91 bits per heavy atom. The molecule has 2 N–H and O–H groups in total. The highest BCUT2D eigenvalue weighted by atomic mass is 16.1. The molecule has 1 rings (SSSR count). The van der Waals surface area contributed by atoms with Gasteiger partial charge < -0.3 is 5.73 Å². The molecule has 0 aliphatic heterocycles. The third-order valence-corrected chi connectivity index (χ3v) is 1.40. The minimum atomic E-state index is -0.304. The van der Waals surface area contributed by atoms with Gasteiger partial charge in [-0.2, -0.15) is 0 Å². The van der Waals surface area contributed by atoms with E-state index < -0.39 is 0 Å². The van der Waals surface area contributed by atoms with Crippen LogP contribution in [-0.2, 0) is 11.2 Å². The van der Waals surface area contributed by atoms with Crippen molar-refractivity contribution in [3.63, 3.8) is 0 Å². The van der Waals surface area contributed by atoms with Crippen LogP contribution >= 0.6 is 0 Å². The summed E-state index contributed by atoms with van der Waals surface area (Å²) in [5.41, 5.74) is 6.89. The van der Waals surface area contributed by atoms with Crippen LogP contribution in [0.1, 0.15) is 11.1 Å². The van der Waals surface area contributed by atoms with Crippen molar-refractivity contribution in [2.24, 2.45) is 5.73 Å². The molecular formula is C9H10NO. The van der Waals surface area contributed by atoms with Gasteiger partial charge >= 0.3 is 0 Å². The Balaban J connectivity index is 2.74. The molecule has 1 amide bonds. The lowest BCUT2D eigenvalue weighted by molar-refractivity contribution is -0.117. The number of amides is 1. The standard InChI is InChI=1S/C9H10NO/c1-7-2-4-8(5-3-7)6-9(10)11/h2-5H,1,6H2,(H2,10,11). The largest absolute Gasteiger partial charge is 0.369 e. The minimum absolute atomic E-state index is 0.304. The Kier molecular flexibility index (Phi) is 2.26. The summed E-state index contributed by atoms with van der Waals surface area (Å²) in [6, 6.07) is 7.43. The maximum Gasteiger partial charge on any atom is 0.221 e. The van der Waals surface area contributed by atoms with E-state index in [0.717, 1.165) is 11.1 Å². The lowest BCUT2D eigenvalue weighted by Gasteiger charge is -1.96. The molecule has 0 saturated heterocycles. The zero-order valence-electron chi connectivity index (χ0n) is 6.21. The molecule has 0 aromatic heterocycles. The number of carbonyl (C=O) groups excluding carboxylic acids is 1. The van der Waals surface area contributed by atoms with E-state index in [1.807, 2.05) is 24.3 Å². The summed E-state index contributed by atoms with van der Waals surface area (Å²) in [5.74, 6) is -0.304. The second kappa shape index (κ2) is 3.19. The molecule has 0 bridgehead atoms. The van der Waals surface area contributed by atoms with E-state index >= 15 is 0 Å². The maximum atomic E-state index is 10.5. The monoisotopic (exact) mass is 148 g/mol. The Bertz CT molecular complexity index is 251. The van der Waals surface area contributed by atoms with Gasteiger partial charge in [-0.15, -0.1) is 0 Å². The number of primary amides is 1. The van der Waals surface area contributed by atoms with Gasteiger partial charge in [0.05, 0.1) is 6.42 Å². The van der Waals surface area contributed by atoms with Crippen LogP contribution in [0.5, 0.6) is 0 Å². The van der Waals surface area contributed by atoms with Crippen molar-refractivity contribution in [3.8, 4) is 0 Å². The van der Waals surface area contributed by atoms with Gasteiger partial charge in [-0.3, -0.25) is 4.79 Å². The van der Waals surface area contributed by atoms with Gasteiger partial charge in [0.15, 0.2) is 0 Å². The average molecular weight is 148 g/mol. The van der Waals surface area contributed by atoms with Gasteiger partial charge in [-0.1, -0.05) is 24.3 Å². The summed E-state index contributed by atoms with van der Waals surface area (Å²) in [7, 11) is 0. The minimum Gasteiger partial charge on any atom is -0.369 e. The van der Waals surface area contributed by atoms with E-state index in [9.17, 15) is 4.79 Å². The molecule has 2 heteroatoms. The Labute approximate surface area is 66.0 Å². The first-order valence-electron chi connectivity index (χ1n) is 3.37. The van der Waals surface area contributed by atoms with Crippen LogP contribution in [0.2, 0.25) is 0 Å². The fraction of sp³-hybridized carbons (Fsp3) is 0.111. The quantitative estimate of drug-likeness (QED) is 0.665. The van der Waals surface area contributed by atoms with Crippen LogP contribution in [0, 0.1) is 6.92 Å². The predicted molar refractivity (Wildman–Crippen MR) is 43.8 cm³/mol. The number of hydrogen-bond acceptors (Lipinski definition) is 1. The van der Waals surface area contributed by atoms with Crippen LogP contribution in [0.3, 0.4) is 0 Å². The number of carbonyl (C=O) groups is 1. The summed E-state index contributed by atoms with van der Waals surface area (Å²) in [5, 5.41) is 0. The summed E-state index contributed by atoms with van der Waals surface area (Å²) in [6.45, 7) is 3.72. The van der Waals surface area contributed by atoms with E-state index in [4.69, 9.17) is 5.73 Å². The Morgan fingerprint density at radius 1 is 1.36 bits per heavy atom. The highest BCUT2D eigenvalue weighted by molar-refractivity contribution is 5.76. The second-order valence-corrected chi connectivity index (χ2v) is 2.46. The van der Waals surface area contributed by atoms with Crippen LogP contribution in [-0.4, -0.2) is 5.91 Å². The van der Waals surface area contributed by atoms with Gasteiger partial charge in [-0.25, -0.2) is 0 Å². The molecule has 0 atom stereocenters. The number of rotatable bonds is 2. The van der Waals surface area contributed by atoms with Crippen molar-refractivity contribution in [1.82, 2.24) is 0 Å². The van der Waals surface area contributed by atoms with E-state index in [1.54, 1.807) is 0 Å². The Morgan fingerprint density at radius 3 is 2.36 bits per heavy atom. The molecule has 57 valence electrons. The fourth-order valence-electron chi connectivity index (χ4n) is 0.858. The Hall–Kier alpha value is -1.31. The smallest absolute Gasteiger partial charge is 0.221 e. The van der Waals surface area contributed by atoms with E-state index in [0.29, 0.717) is 6.42 Å². The number of nitrogens with two attached hydrogens (primary N) is 1. The SMILES string of the molecule is [CH2]c1ccc(CC(N)=O)cc1. The van der Waals surface area contributed by atoms with Crippen molar-refractivity contribution in [2.75, 3.05) is 0 Å². The zero-order chi connectivity index (χ0) is 8.27. The van der Waals surface area contributed by atoms with Crippen molar-refractivity contribution in [1.29, 1.82) is 0 Å². The molecule has 0 aliphatic carbocycles. The molecule has 11 heavy (non-hydrogen) atoms. The average Bonchev–Trinajstić information content (AvgIpc) is 1.93. The van der Waals surface area contributed by atoms with E-state index in [2.05, 4.69) is 6.92 Å². The van der Waals surface area contributed by atoms with Crippen LogP contribution < -0.4 is 5.73 Å². The number of hydrogen-bond donors (Lipinski definition) is 1. The van der Waals surface area contributed by atoms with Crippen molar-refractivity contribution >= 4 is 5.91 Å². The first-order valence-corrected chi connectivity index (χ1v) is 3.37. The van der Waals surface area contributed by atoms with E-state index in [-0.39, 0.29) is 5.91 Å². The maximum absolute atomic E-state index is 10.5. The summed E-state index contributed by atoms with van der Waals surface area (Å²) in [6.07, 6.45) is 0.306. The molecular weight excluding hydrogens is 138 g/mol. The van der Waals surface area contributed by atoms with Crippen molar-refractivity contribution in [2.45, 2.75) is 6.42 Å². The van der Waals surface area contributed by atoms with Crippen LogP contribution in [0.4, 0.5) is 0 Å². The first kappa shape index (κ1) is 7.79.